The van der Waals surface area contributed by atoms with Gasteiger partial charge in [0.2, 0.25) is 0 Å². The minimum atomic E-state index is -0.0428. The Labute approximate surface area is 327 Å². The van der Waals surface area contributed by atoms with Crippen LogP contribution < -0.4 is 0 Å². The van der Waals surface area contributed by atoms with Crippen LogP contribution in [0.25, 0.3) is 67.4 Å². The van der Waals surface area contributed by atoms with Gasteiger partial charge in [0.25, 0.3) is 0 Å². The van der Waals surface area contributed by atoms with E-state index < -0.39 is 0 Å². The highest BCUT2D eigenvalue weighted by Gasteiger charge is 2.26. The van der Waals surface area contributed by atoms with Crippen LogP contribution in [0.4, 0.5) is 0 Å². The standard InChI is InChI=1S/2C26H18O.H2S/c2*1-5-17-9-3-11-21-23(15-13-19(7-1)25(17)21)27-24-16-14-20-8-2-6-18-10-4-12-22(24)26(18)20;/h2*1-16,23-24H;1H2. The lowest BCUT2D eigenvalue weighted by Gasteiger charge is -2.28. The van der Waals surface area contributed by atoms with Crippen LogP contribution in [0.2, 0.25) is 0 Å². The van der Waals surface area contributed by atoms with Gasteiger partial charge >= 0.3 is 0 Å². The molecule has 4 atom stereocenters. The number of hydrogen-bond acceptors (Lipinski definition) is 2. The van der Waals surface area contributed by atoms with Crippen molar-refractivity contribution in [2.24, 2.45) is 0 Å². The van der Waals surface area contributed by atoms with Crippen LogP contribution in [-0.2, 0) is 9.47 Å². The molecule has 4 aliphatic carbocycles. The van der Waals surface area contributed by atoms with Crippen molar-refractivity contribution in [1.82, 2.24) is 0 Å². The van der Waals surface area contributed by atoms with Gasteiger partial charge in [-0.15, -0.1) is 0 Å². The molecule has 264 valence electrons. The molecule has 4 unspecified atom stereocenters. The first-order valence-electron chi connectivity index (χ1n) is 18.9. The van der Waals surface area contributed by atoms with Crippen LogP contribution >= 0.6 is 13.5 Å². The Morgan fingerprint density at radius 2 is 0.491 bits per heavy atom. The minimum absolute atomic E-state index is 0. The van der Waals surface area contributed by atoms with Crippen molar-refractivity contribution in [3.05, 3.63) is 214 Å². The van der Waals surface area contributed by atoms with Crippen LogP contribution in [0.15, 0.2) is 170 Å². The van der Waals surface area contributed by atoms with Gasteiger partial charge in [0.1, 0.15) is 24.4 Å². The average Bonchev–Trinajstić information content (AvgIpc) is 3.23. The first-order valence-corrected chi connectivity index (χ1v) is 18.9. The van der Waals surface area contributed by atoms with Crippen molar-refractivity contribution in [1.29, 1.82) is 0 Å². The maximum atomic E-state index is 6.65. The fourth-order valence-electron chi connectivity index (χ4n) is 9.07. The molecule has 0 aromatic heterocycles. The van der Waals surface area contributed by atoms with Crippen molar-refractivity contribution < 1.29 is 9.47 Å². The van der Waals surface area contributed by atoms with Gasteiger partial charge < -0.3 is 9.47 Å². The van der Waals surface area contributed by atoms with Gasteiger partial charge in [-0.05, 0) is 87.6 Å². The van der Waals surface area contributed by atoms with Crippen LogP contribution in [0.5, 0.6) is 0 Å². The largest absolute Gasteiger partial charge is 0.357 e. The molecule has 0 bridgehead atoms. The highest BCUT2D eigenvalue weighted by atomic mass is 32.1. The van der Waals surface area contributed by atoms with Crippen molar-refractivity contribution in [2.45, 2.75) is 24.4 Å². The highest BCUT2D eigenvalue weighted by Crippen LogP contribution is 2.43. The Balaban J connectivity index is 0.000000133. The molecule has 8 aromatic carbocycles. The Kier molecular flexibility index (Phi) is 8.37. The summed E-state index contributed by atoms with van der Waals surface area (Å²) >= 11 is 0. The first-order chi connectivity index (χ1) is 26.8. The van der Waals surface area contributed by atoms with E-state index in [2.05, 4.69) is 194 Å². The maximum Gasteiger partial charge on any atom is 0.103 e. The zero-order valence-electron chi connectivity index (χ0n) is 30.1. The molecule has 2 nitrogen and oxygen atoms in total. The van der Waals surface area contributed by atoms with E-state index >= 15 is 0 Å². The summed E-state index contributed by atoms with van der Waals surface area (Å²) in [7, 11) is 0. The molecule has 0 N–H and O–H groups in total. The molecule has 0 saturated carbocycles. The van der Waals surface area contributed by atoms with Gasteiger partial charge in [-0.25, -0.2) is 0 Å². The molecule has 12 rings (SSSR count). The van der Waals surface area contributed by atoms with E-state index in [1.165, 1.54) is 87.6 Å². The SMILES string of the molecule is C1=CC(OC2C=Cc3cccc4cccc2c34)c2cccc3cccc1c23.C1=CC(OC2C=Cc3cccc4cccc2c34)c2cccc3cccc1c23.S. The number of benzene rings is 8. The Hall–Kier alpha value is -5.97. The zero-order chi connectivity index (χ0) is 35.6. The Bertz CT molecular complexity index is 2510. The van der Waals surface area contributed by atoms with Crippen molar-refractivity contribution in [2.75, 3.05) is 0 Å². The molecule has 55 heavy (non-hydrogen) atoms. The van der Waals surface area contributed by atoms with E-state index in [9.17, 15) is 0 Å². The molecule has 0 amide bonds. The lowest BCUT2D eigenvalue weighted by molar-refractivity contribution is 0.0417. The molecular weight excluding hydrogens is 689 g/mol. The predicted molar refractivity (Wildman–Crippen MR) is 235 cm³/mol. The second kappa shape index (κ2) is 13.7. The van der Waals surface area contributed by atoms with Crippen molar-refractivity contribution in [3.63, 3.8) is 0 Å². The number of rotatable bonds is 4. The second-order valence-electron chi connectivity index (χ2n) is 14.6. The van der Waals surface area contributed by atoms with Crippen LogP contribution in [0.1, 0.15) is 68.9 Å². The summed E-state index contributed by atoms with van der Waals surface area (Å²) in [5.74, 6) is 0. The van der Waals surface area contributed by atoms with Crippen molar-refractivity contribution >= 4 is 80.9 Å². The Morgan fingerprint density at radius 1 is 0.273 bits per heavy atom. The van der Waals surface area contributed by atoms with Gasteiger partial charge in [-0.2, -0.15) is 13.5 Å². The quantitative estimate of drug-likeness (QED) is 0.180. The molecule has 0 spiro atoms. The summed E-state index contributed by atoms with van der Waals surface area (Å²) in [6.07, 6.45) is 17.4. The van der Waals surface area contributed by atoms with E-state index in [1.807, 2.05) is 0 Å². The Morgan fingerprint density at radius 3 is 0.727 bits per heavy atom. The fraction of sp³-hybridized carbons (Fsp3) is 0.0769. The molecule has 4 aliphatic rings. The molecule has 0 fully saturated rings. The smallest absolute Gasteiger partial charge is 0.103 e. The first kappa shape index (κ1) is 33.6. The lowest BCUT2D eigenvalue weighted by Crippen LogP contribution is -2.12. The van der Waals surface area contributed by atoms with Crippen LogP contribution in [0.3, 0.4) is 0 Å². The summed E-state index contributed by atoms with van der Waals surface area (Å²) in [6, 6.07) is 51.9. The lowest BCUT2D eigenvalue weighted by atomic mass is 9.89. The zero-order valence-corrected chi connectivity index (χ0v) is 31.1. The minimum Gasteiger partial charge on any atom is -0.357 e. The average molecular weight is 727 g/mol. The monoisotopic (exact) mass is 726 g/mol. The van der Waals surface area contributed by atoms with Gasteiger partial charge in [0.15, 0.2) is 0 Å². The summed E-state index contributed by atoms with van der Waals surface area (Å²) in [6.45, 7) is 0. The summed E-state index contributed by atoms with van der Waals surface area (Å²) in [5, 5.41) is 10.3. The molecule has 0 aliphatic heterocycles. The van der Waals surface area contributed by atoms with Gasteiger partial charge in [0.05, 0.1) is 0 Å². The third-order valence-electron chi connectivity index (χ3n) is 11.5. The van der Waals surface area contributed by atoms with Crippen molar-refractivity contribution in [3.8, 4) is 0 Å². The maximum absolute atomic E-state index is 6.65. The summed E-state index contributed by atoms with van der Waals surface area (Å²) in [5.41, 5.74) is 10.1. The second-order valence-corrected chi connectivity index (χ2v) is 14.6. The summed E-state index contributed by atoms with van der Waals surface area (Å²) in [4.78, 5) is 0. The topological polar surface area (TPSA) is 18.5 Å². The van der Waals surface area contributed by atoms with E-state index in [4.69, 9.17) is 9.47 Å². The van der Waals surface area contributed by atoms with Crippen LogP contribution in [-0.4, -0.2) is 0 Å². The molecule has 0 saturated heterocycles. The summed E-state index contributed by atoms with van der Waals surface area (Å²) < 4.78 is 13.3. The number of hydrogen-bond donors (Lipinski definition) is 0. The van der Waals surface area contributed by atoms with Crippen LogP contribution in [0, 0.1) is 0 Å². The number of ether oxygens (including phenoxy) is 2. The van der Waals surface area contributed by atoms with E-state index in [-0.39, 0.29) is 37.9 Å². The van der Waals surface area contributed by atoms with Gasteiger partial charge in [-0.1, -0.05) is 194 Å². The normalized spacial score (nSPS) is 19.3. The van der Waals surface area contributed by atoms with E-state index in [1.54, 1.807) is 0 Å². The van der Waals surface area contributed by atoms with E-state index in [0.717, 1.165) is 0 Å². The van der Waals surface area contributed by atoms with Gasteiger partial charge in [0, 0.05) is 0 Å². The highest BCUT2D eigenvalue weighted by molar-refractivity contribution is 7.59. The third-order valence-corrected chi connectivity index (χ3v) is 11.5. The third kappa shape index (κ3) is 5.66. The molecule has 3 heteroatoms. The van der Waals surface area contributed by atoms with E-state index in [0.29, 0.717) is 0 Å². The molecule has 0 heterocycles. The molecule has 8 aromatic rings. The molecule has 0 radical (unpaired) electrons. The predicted octanol–water partition coefficient (Wildman–Crippen LogP) is 13.8. The molecular formula is C52H38O2S. The van der Waals surface area contributed by atoms with Gasteiger partial charge in [-0.3, -0.25) is 0 Å². The fourth-order valence-corrected chi connectivity index (χ4v) is 9.07.